The number of benzene rings is 2. The number of carboxylic acid groups (broad SMARTS) is 1. The monoisotopic (exact) mass is 334 g/mol. The van der Waals surface area contributed by atoms with Gasteiger partial charge in [0, 0.05) is 0 Å². The molecule has 1 aromatic heterocycles. The van der Waals surface area contributed by atoms with Crippen molar-refractivity contribution >= 4 is 5.97 Å². The summed E-state index contributed by atoms with van der Waals surface area (Å²) in [5.74, 6) is 0.200. The van der Waals surface area contributed by atoms with Crippen LogP contribution in [0.4, 0.5) is 0 Å². The van der Waals surface area contributed by atoms with Crippen LogP contribution in [0.3, 0.4) is 0 Å². The average Bonchev–Trinajstić information content (AvgIpc) is 3.02. The topological polar surface area (TPSA) is 113 Å². The number of carbonyl (C=O) groups is 1. The molecule has 0 fully saturated rings. The van der Waals surface area contributed by atoms with Crippen molar-refractivity contribution in [2.75, 3.05) is 0 Å². The Hall–Kier alpha value is -2.93. The molecule has 120 valence electrons. The number of aromatic hydroxyl groups is 1. The molecule has 2 aromatic carbocycles. The van der Waals surface area contributed by atoms with Crippen LogP contribution in [-0.2, 0) is 6.42 Å². The van der Waals surface area contributed by atoms with E-state index >= 15 is 0 Å². The summed E-state index contributed by atoms with van der Waals surface area (Å²) in [5, 5.41) is 30.1. The van der Waals surface area contributed by atoms with Crippen molar-refractivity contribution < 1.29 is 32.5 Å². The largest absolute Gasteiger partial charge is 1.00 e. The average molecular weight is 335 g/mol. The summed E-state index contributed by atoms with van der Waals surface area (Å²) in [6.07, 6.45) is 0.654. The summed E-state index contributed by atoms with van der Waals surface area (Å²) in [6, 6.07) is 15.4. The summed E-state index contributed by atoms with van der Waals surface area (Å²) < 4.78 is 0. The SMILES string of the molecule is O=C(O)c1ccccc1.Oc1cccc(Cc2[nH]nn[nH+]2)c1.[Cl-]. The fourth-order valence-corrected chi connectivity index (χ4v) is 1.73. The predicted molar refractivity (Wildman–Crippen MR) is 77.3 cm³/mol. The molecule has 0 saturated carbocycles. The number of phenols is 1. The maximum Gasteiger partial charge on any atom is 0.335 e. The molecule has 3 rings (SSSR count). The maximum atomic E-state index is 10.2. The van der Waals surface area contributed by atoms with Crippen molar-refractivity contribution in [3.8, 4) is 5.75 Å². The van der Waals surface area contributed by atoms with Crippen LogP contribution >= 0.6 is 0 Å². The van der Waals surface area contributed by atoms with Crippen LogP contribution < -0.4 is 17.5 Å². The number of hydrogen-bond donors (Lipinski definition) is 3. The van der Waals surface area contributed by atoms with Gasteiger partial charge in [0.05, 0.1) is 12.0 Å². The first kappa shape index (κ1) is 18.1. The normalized spacial score (nSPS) is 9.22. The third-order valence-corrected chi connectivity index (χ3v) is 2.73. The molecule has 0 radical (unpaired) electrons. The Labute approximate surface area is 138 Å². The number of H-pyrrole nitrogens is 2. The van der Waals surface area contributed by atoms with Crippen LogP contribution in [0.5, 0.6) is 5.75 Å². The van der Waals surface area contributed by atoms with Gasteiger partial charge in [-0.3, -0.25) is 0 Å². The molecular formula is C15H15ClN4O3. The molecule has 7 nitrogen and oxygen atoms in total. The van der Waals surface area contributed by atoms with E-state index in [1.165, 1.54) is 0 Å². The van der Waals surface area contributed by atoms with Gasteiger partial charge in [0.25, 0.3) is 5.82 Å². The van der Waals surface area contributed by atoms with E-state index < -0.39 is 5.97 Å². The highest BCUT2D eigenvalue weighted by Gasteiger charge is 2.04. The van der Waals surface area contributed by atoms with Gasteiger partial charge in [0.1, 0.15) is 11.0 Å². The maximum absolute atomic E-state index is 10.2. The highest BCUT2D eigenvalue weighted by molar-refractivity contribution is 5.87. The highest BCUT2D eigenvalue weighted by atomic mass is 35.5. The fraction of sp³-hybridized carbons (Fsp3) is 0.0667. The first-order valence-electron chi connectivity index (χ1n) is 6.49. The van der Waals surface area contributed by atoms with Crippen LogP contribution in [-0.4, -0.2) is 31.7 Å². The molecule has 0 aliphatic carbocycles. The molecule has 0 unspecified atom stereocenters. The molecular weight excluding hydrogens is 320 g/mol. The number of tetrazole rings is 1. The molecule has 23 heavy (non-hydrogen) atoms. The number of phenolic OH excluding ortho intramolecular Hbond substituents is 1. The van der Waals surface area contributed by atoms with Gasteiger partial charge in [-0.15, -0.1) is 5.10 Å². The summed E-state index contributed by atoms with van der Waals surface area (Å²) in [5.41, 5.74) is 1.33. The zero-order valence-electron chi connectivity index (χ0n) is 12.0. The molecule has 0 saturated heterocycles. The van der Waals surface area contributed by atoms with Crippen molar-refractivity contribution in [3.05, 3.63) is 71.5 Å². The molecule has 0 spiro atoms. The number of halogens is 1. The second-order valence-electron chi connectivity index (χ2n) is 4.42. The summed E-state index contributed by atoms with van der Waals surface area (Å²) in [4.78, 5) is 10.2. The van der Waals surface area contributed by atoms with Crippen molar-refractivity contribution in [1.82, 2.24) is 15.5 Å². The lowest BCUT2D eigenvalue weighted by atomic mass is 10.1. The molecule has 0 atom stereocenters. The number of aromatic amines is 2. The molecule has 0 aliphatic heterocycles. The molecule has 1 heterocycles. The van der Waals surface area contributed by atoms with Crippen LogP contribution in [0.25, 0.3) is 0 Å². The number of rotatable bonds is 3. The van der Waals surface area contributed by atoms with Gasteiger partial charge in [-0.25, -0.2) is 4.79 Å². The minimum atomic E-state index is -0.879. The van der Waals surface area contributed by atoms with Gasteiger partial charge in [-0.05, 0) is 29.8 Å². The number of aromatic nitrogens is 4. The van der Waals surface area contributed by atoms with Gasteiger partial charge >= 0.3 is 5.97 Å². The van der Waals surface area contributed by atoms with Gasteiger partial charge in [0.15, 0.2) is 5.21 Å². The standard InChI is InChI=1S/C8H8N4O.C7H6O2.ClH/c13-7-3-1-2-6(4-7)5-8-9-11-12-10-8;8-7(9)6-4-2-1-3-5-6;/h1-4,13H,5H2,(H,9,10,11,12);1-5H,(H,8,9);1H. The molecule has 0 aliphatic rings. The second-order valence-corrected chi connectivity index (χ2v) is 4.42. The van der Waals surface area contributed by atoms with Crippen molar-refractivity contribution in [2.45, 2.75) is 6.42 Å². The Kier molecular flexibility index (Phi) is 7.22. The van der Waals surface area contributed by atoms with Gasteiger partial charge in [-0.2, -0.15) is 5.10 Å². The number of nitrogens with zero attached hydrogens (tertiary/aromatic N) is 2. The summed E-state index contributed by atoms with van der Waals surface area (Å²) in [6.45, 7) is 0. The molecule has 0 bridgehead atoms. The first-order valence-corrected chi connectivity index (χ1v) is 6.49. The minimum absolute atomic E-state index is 0. The van der Waals surface area contributed by atoms with E-state index in [1.54, 1.807) is 48.5 Å². The zero-order valence-corrected chi connectivity index (χ0v) is 12.7. The third kappa shape index (κ3) is 6.15. The minimum Gasteiger partial charge on any atom is -1.00 e. The molecule has 0 amide bonds. The lowest BCUT2D eigenvalue weighted by molar-refractivity contribution is -0.465. The van der Waals surface area contributed by atoms with Gasteiger partial charge in [0.2, 0.25) is 0 Å². The van der Waals surface area contributed by atoms with E-state index in [-0.39, 0.29) is 18.2 Å². The van der Waals surface area contributed by atoms with Crippen LogP contribution in [0.1, 0.15) is 21.7 Å². The Morgan fingerprint density at radius 1 is 1.13 bits per heavy atom. The highest BCUT2D eigenvalue weighted by Crippen LogP contribution is 2.12. The van der Waals surface area contributed by atoms with E-state index in [9.17, 15) is 9.90 Å². The zero-order chi connectivity index (χ0) is 15.8. The van der Waals surface area contributed by atoms with E-state index in [2.05, 4.69) is 20.6 Å². The molecule has 4 N–H and O–H groups in total. The molecule has 3 aromatic rings. The summed E-state index contributed by atoms with van der Waals surface area (Å²) >= 11 is 0. The quantitative estimate of drug-likeness (QED) is 0.528. The smallest absolute Gasteiger partial charge is 0.335 e. The van der Waals surface area contributed by atoms with Crippen molar-refractivity contribution in [3.63, 3.8) is 0 Å². The number of nitrogens with one attached hydrogen (secondary N) is 2. The number of hydrogen-bond acceptors (Lipinski definition) is 4. The Morgan fingerprint density at radius 3 is 2.39 bits per heavy atom. The van der Waals surface area contributed by atoms with Gasteiger partial charge in [-0.1, -0.05) is 30.3 Å². The van der Waals surface area contributed by atoms with E-state index in [0.717, 1.165) is 11.4 Å². The second kappa shape index (κ2) is 9.16. The van der Waals surface area contributed by atoms with E-state index in [4.69, 9.17) is 5.11 Å². The fourth-order valence-electron chi connectivity index (χ4n) is 1.73. The molecule has 8 heteroatoms. The van der Waals surface area contributed by atoms with E-state index in [1.807, 2.05) is 6.07 Å². The first-order chi connectivity index (χ1) is 10.6. The van der Waals surface area contributed by atoms with Gasteiger partial charge < -0.3 is 22.6 Å². The number of aromatic carboxylic acids is 1. The lowest BCUT2D eigenvalue weighted by Crippen LogP contribution is -3.00. The van der Waals surface area contributed by atoms with Crippen LogP contribution in [0, 0.1) is 0 Å². The summed E-state index contributed by atoms with van der Waals surface area (Å²) in [7, 11) is 0. The van der Waals surface area contributed by atoms with Crippen LogP contribution in [0.2, 0.25) is 0 Å². The third-order valence-electron chi connectivity index (χ3n) is 2.73. The Morgan fingerprint density at radius 2 is 1.87 bits per heavy atom. The van der Waals surface area contributed by atoms with Crippen LogP contribution in [0.15, 0.2) is 54.6 Å². The Balaban J connectivity index is 0.000000235. The van der Waals surface area contributed by atoms with E-state index in [0.29, 0.717) is 12.0 Å². The van der Waals surface area contributed by atoms with Crippen molar-refractivity contribution in [2.24, 2.45) is 0 Å². The van der Waals surface area contributed by atoms with Crippen molar-refractivity contribution in [1.29, 1.82) is 0 Å². The Bertz CT molecular complexity index is 721. The predicted octanol–water partition coefficient (Wildman–Crippen LogP) is -1.70. The lowest BCUT2D eigenvalue weighted by Gasteiger charge is -1.95. The number of carboxylic acids is 1.